The molecule has 1 unspecified atom stereocenters. The molecule has 0 aromatic heterocycles. The van der Waals surface area contributed by atoms with Gasteiger partial charge in [0, 0.05) is 31.8 Å². The molecular weight excluding hydrogens is 425 g/mol. The van der Waals surface area contributed by atoms with Gasteiger partial charge in [-0.1, -0.05) is 0 Å². The third-order valence-electron chi connectivity index (χ3n) is 4.05. The van der Waals surface area contributed by atoms with Crippen molar-refractivity contribution in [2.24, 2.45) is 0 Å². The SMILES string of the molecule is CC1N(C)[C+]=C2C(c3ccc(NS(C)(=O)=O)cc3)=CCCN21.[I-]. The van der Waals surface area contributed by atoms with Crippen LogP contribution in [-0.4, -0.2) is 44.2 Å². The van der Waals surface area contributed by atoms with Crippen molar-refractivity contribution >= 4 is 21.3 Å². The van der Waals surface area contributed by atoms with Crippen LogP contribution < -0.4 is 28.7 Å². The number of hydrogen-bond donors (Lipinski definition) is 1. The molecule has 0 aliphatic carbocycles. The van der Waals surface area contributed by atoms with Crippen LogP contribution in [0.5, 0.6) is 0 Å². The average molecular weight is 445 g/mol. The zero-order valence-corrected chi connectivity index (χ0v) is 16.3. The van der Waals surface area contributed by atoms with Crippen molar-refractivity contribution in [3.05, 3.63) is 47.8 Å². The predicted octanol–water partition coefficient (Wildman–Crippen LogP) is -0.913. The first-order valence-electron chi connectivity index (χ1n) is 7.27. The van der Waals surface area contributed by atoms with E-state index in [-0.39, 0.29) is 24.0 Å². The van der Waals surface area contributed by atoms with Crippen LogP contribution in [0.1, 0.15) is 18.9 Å². The molecule has 124 valence electrons. The van der Waals surface area contributed by atoms with Crippen LogP contribution in [0.3, 0.4) is 0 Å². The molecule has 7 heteroatoms. The minimum absolute atomic E-state index is 0. The van der Waals surface area contributed by atoms with E-state index >= 15 is 0 Å². The largest absolute Gasteiger partial charge is 1.00 e. The number of nitrogens with one attached hydrogen (secondary N) is 1. The normalized spacial score (nSPS) is 20.0. The number of allylic oxidation sites excluding steroid dienone is 1. The van der Waals surface area contributed by atoms with Gasteiger partial charge in [0.05, 0.1) is 11.8 Å². The standard InChI is InChI=1S/C16H20N3O2S.HI/c1-12-18(2)11-16-15(5-4-10-19(12)16)13-6-8-14(9-7-13)17-22(3,20)21;/h5-9,12,17H,4,10H2,1-3H3;1H/q+1;/p-1. The smallest absolute Gasteiger partial charge is 0.294 e. The van der Waals surface area contributed by atoms with Gasteiger partial charge < -0.3 is 28.9 Å². The Morgan fingerprint density at radius 1 is 1.26 bits per heavy atom. The molecule has 3 rings (SSSR count). The van der Waals surface area contributed by atoms with Gasteiger partial charge in [0.25, 0.3) is 5.70 Å². The van der Waals surface area contributed by atoms with E-state index in [9.17, 15) is 8.42 Å². The summed E-state index contributed by atoms with van der Waals surface area (Å²) in [5.74, 6) is 0. The quantitative estimate of drug-likeness (QED) is 0.484. The Morgan fingerprint density at radius 3 is 2.52 bits per heavy atom. The van der Waals surface area contributed by atoms with Crippen LogP contribution in [0.4, 0.5) is 5.69 Å². The zero-order chi connectivity index (χ0) is 15.9. The monoisotopic (exact) mass is 445 g/mol. The lowest BCUT2D eigenvalue weighted by molar-refractivity contribution is -0.00000713. The van der Waals surface area contributed by atoms with Gasteiger partial charge in [0.1, 0.15) is 11.7 Å². The predicted molar refractivity (Wildman–Crippen MR) is 88.2 cm³/mol. The Hall–Kier alpha value is -1.31. The second kappa shape index (κ2) is 6.67. The van der Waals surface area contributed by atoms with Gasteiger partial charge in [0.15, 0.2) is 0 Å². The van der Waals surface area contributed by atoms with Crippen LogP contribution in [0, 0.1) is 6.20 Å². The molecular formula is C16H20IN3O2S. The summed E-state index contributed by atoms with van der Waals surface area (Å²) in [4.78, 5) is 4.44. The van der Waals surface area contributed by atoms with Crippen molar-refractivity contribution < 1.29 is 32.4 Å². The molecule has 23 heavy (non-hydrogen) atoms. The molecule has 5 nitrogen and oxygen atoms in total. The lowest BCUT2D eigenvalue weighted by Gasteiger charge is -2.26. The summed E-state index contributed by atoms with van der Waals surface area (Å²) in [6, 6.07) is 7.47. The second-order valence-corrected chi connectivity index (χ2v) is 7.50. The fourth-order valence-corrected chi connectivity index (χ4v) is 3.43. The molecule has 1 aromatic rings. The van der Waals surface area contributed by atoms with E-state index in [1.165, 1.54) is 0 Å². The fourth-order valence-electron chi connectivity index (χ4n) is 2.87. The van der Waals surface area contributed by atoms with Crippen molar-refractivity contribution in [1.82, 2.24) is 9.80 Å². The minimum Gasteiger partial charge on any atom is -1.00 e. The summed E-state index contributed by atoms with van der Waals surface area (Å²) in [5, 5.41) is 0. The number of nitrogens with zero attached hydrogens (tertiary/aromatic N) is 2. The van der Waals surface area contributed by atoms with Gasteiger partial charge in [-0.25, -0.2) is 13.3 Å². The van der Waals surface area contributed by atoms with Gasteiger partial charge in [0.2, 0.25) is 16.2 Å². The molecule has 1 aromatic carbocycles. The Bertz CT molecular complexity index is 741. The van der Waals surface area contributed by atoms with Crippen LogP contribution in [0.15, 0.2) is 36.0 Å². The molecule has 2 heterocycles. The van der Waals surface area contributed by atoms with Gasteiger partial charge in [-0.15, -0.1) is 0 Å². The molecule has 0 radical (unpaired) electrons. The van der Waals surface area contributed by atoms with Crippen molar-refractivity contribution in [1.29, 1.82) is 0 Å². The molecule has 0 spiro atoms. The van der Waals surface area contributed by atoms with Gasteiger partial charge in [-0.2, -0.15) is 0 Å². The highest BCUT2D eigenvalue weighted by Gasteiger charge is 2.40. The summed E-state index contributed by atoms with van der Waals surface area (Å²) in [7, 11) is -1.21. The second-order valence-electron chi connectivity index (χ2n) is 5.75. The van der Waals surface area contributed by atoms with Gasteiger partial charge in [-0.3, -0.25) is 4.72 Å². The van der Waals surface area contributed by atoms with E-state index in [0.717, 1.165) is 36.1 Å². The molecule has 0 amide bonds. The van der Waals surface area contributed by atoms with Crippen LogP contribution in [0.25, 0.3) is 5.57 Å². The third kappa shape index (κ3) is 3.79. The highest BCUT2D eigenvalue weighted by atomic mass is 127. The Morgan fingerprint density at radius 2 is 1.91 bits per heavy atom. The average Bonchev–Trinajstić information content (AvgIpc) is 2.74. The van der Waals surface area contributed by atoms with Crippen molar-refractivity contribution in [3.8, 4) is 0 Å². The molecule has 2 aliphatic rings. The Balaban J connectivity index is 0.00000192. The molecule has 0 saturated heterocycles. The highest BCUT2D eigenvalue weighted by molar-refractivity contribution is 7.92. The van der Waals surface area contributed by atoms with E-state index in [1.807, 2.05) is 19.2 Å². The number of benzene rings is 1. The van der Waals surface area contributed by atoms with Crippen molar-refractivity contribution in [2.75, 3.05) is 24.6 Å². The van der Waals surface area contributed by atoms with E-state index < -0.39 is 10.0 Å². The zero-order valence-electron chi connectivity index (χ0n) is 13.4. The first kappa shape index (κ1) is 18.0. The number of rotatable bonds is 3. The van der Waals surface area contributed by atoms with Crippen LogP contribution in [-0.2, 0) is 10.0 Å². The summed E-state index contributed by atoms with van der Waals surface area (Å²) in [6.45, 7) is 3.17. The van der Waals surface area contributed by atoms with Crippen LogP contribution in [0.2, 0.25) is 0 Å². The Kier molecular flexibility index (Phi) is 5.23. The number of fused-ring (bicyclic) bond motifs is 1. The van der Waals surface area contributed by atoms with Crippen molar-refractivity contribution in [3.63, 3.8) is 0 Å². The fraction of sp³-hybridized carbons (Fsp3) is 0.375. The lowest BCUT2D eigenvalue weighted by Crippen LogP contribution is -3.00. The maximum Gasteiger partial charge on any atom is 0.294 e. The molecule has 0 fully saturated rings. The molecule has 2 aliphatic heterocycles. The van der Waals surface area contributed by atoms with Gasteiger partial charge in [-0.05, 0) is 31.2 Å². The van der Waals surface area contributed by atoms with Gasteiger partial charge >= 0.3 is 0 Å². The van der Waals surface area contributed by atoms with E-state index in [0.29, 0.717) is 11.9 Å². The summed E-state index contributed by atoms with van der Waals surface area (Å²) >= 11 is 0. The maximum absolute atomic E-state index is 11.3. The molecule has 1 N–H and O–H groups in total. The van der Waals surface area contributed by atoms with Crippen LogP contribution >= 0.6 is 0 Å². The topological polar surface area (TPSA) is 52.7 Å². The molecule has 1 atom stereocenters. The van der Waals surface area contributed by atoms with E-state index in [4.69, 9.17) is 0 Å². The summed E-state index contributed by atoms with van der Waals surface area (Å²) in [6.07, 6.45) is 8.11. The number of halogens is 1. The third-order valence-corrected chi connectivity index (χ3v) is 4.66. The summed E-state index contributed by atoms with van der Waals surface area (Å²) < 4.78 is 25.0. The number of sulfonamides is 1. The van der Waals surface area contributed by atoms with Crippen molar-refractivity contribution in [2.45, 2.75) is 19.5 Å². The summed E-state index contributed by atoms with van der Waals surface area (Å²) in [5.41, 5.74) is 3.93. The molecule has 0 saturated carbocycles. The Labute approximate surface area is 155 Å². The number of hydrogen-bond acceptors (Lipinski definition) is 4. The van der Waals surface area contributed by atoms with E-state index in [1.54, 1.807) is 12.1 Å². The first-order chi connectivity index (χ1) is 10.3. The first-order valence-corrected chi connectivity index (χ1v) is 9.16. The number of anilines is 1. The maximum atomic E-state index is 11.3. The highest BCUT2D eigenvalue weighted by Crippen LogP contribution is 2.36. The molecule has 0 bridgehead atoms. The lowest BCUT2D eigenvalue weighted by atomic mass is 9.98. The minimum atomic E-state index is -3.24. The van der Waals surface area contributed by atoms with E-state index in [2.05, 4.69) is 33.7 Å².